The first-order valence-electron chi connectivity index (χ1n) is 5.96. The minimum absolute atomic E-state index is 0.170. The Bertz CT molecular complexity index is 656. The van der Waals surface area contributed by atoms with Crippen LogP contribution in [-0.4, -0.2) is 18.1 Å². The lowest BCUT2D eigenvalue weighted by Crippen LogP contribution is -2.12. The van der Waals surface area contributed by atoms with Crippen LogP contribution in [0.15, 0.2) is 40.9 Å². The van der Waals surface area contributed by atoms with Crippen molar-refractivity contribution in [3.63, 3.8) is 0 Å². The number of phenols is 1. The van der Waals surface area contributed by atoms with E-state index >= 15 is 0 Å². The molecule has 0 heterocycles. The Morgan fingerprint density at radius 1 is 1.25 bits per heavy atom. The van der Waals surface area contributed by atoms with E-state index in [-0.39, 0.29) is 11.7 Å². The molecule has 0 saturated carbocycles. The van der Waals surface area contributed by atoms with E-state index in [0.29, 0.717) is 22.6 Å². The van der Waals surface area contributed by atoms with Gasteiger partial charge in [0, 0.05) is 16.1 Å². The molecule has 2 aromatic carbocycles. The number of benzene rings is 2. The molecule has 0 aliphatic heterocycles. The van der Waals surface area contributed by atoms with E-state index < -0.39 is 0 Å². The summed E-state index contributed by atoms with van der Waals surface area (Å²) in [5, 5.41) is 12.3. The normalized spacial score (nSPS) is 10.2. The van der Waals surface area contributed by atoms with Crippen LogP contribution in [0.2, 0.25) is 0 Å². The lowest BCUT2D eigenvalue weighted by molar-refractivity contribution is 0.102. The van der Waals surface area contributed by atoms with Gasteiger partial charge in [-0.05, 0) is 58.7 Å². The molecule has 0 spiro atoms. The zero-order valence-electron chi connectivity index (χ0n) is 11.1. The summed E-state index contributed by atoms with van der Waals surface area (Å²) in [6, 6.07) is 10.0. The zero-order valence-corrected chi connectivity index (χ0v) is 12.7. The third-order valence-electron chi connectivity index (χ3n) is 2.88. The number of halogens is 1. The molecule has 0 bridgehead atoms. The van der Waals surface area contributed by atoms with Crippen molar-refractivity contribution in [2.75, 3.05) is 12.4 Å². The summed E-state index contributed by atoms with van der Waals surface area (Å²) in [5.41, 5.74) is 1.76. The summed E-state index contributed by atoms with van der Waals surface area (Å²) in [4.78, 5) is 12.2. The molecular weight excluding hydrogens is 322 g/mol. The molecule has 0 aromatic heterocycles. The SMILES string of the molecule is COc1ccc(Br)c(NC(=O)c2ccc(O)c(C)c2)c1. The number of rotatable bonds is 3. The Morgan fingerprint density at radius 2 is 2.00 bits per heavy atom. The molecule has 2 rings (SSSR count). The summed E-state index contributed by atoms with van der Waals surface area (Å²) < 4.78 is 5.89. The van der Waals surface area contributed by atoms with Crippen molar-refractivity contribution >= 4 is 27.5 Å². The van der Waals surface area contributed by atoms with Crippen molar-refractivity contribution in [3.8, 4) is 11.5 Å². The number of carbonyl (C=O) groups excluding carboxylic acids is 1. The van der Waals surface area contributed by atoms with Gasteiger partial charge in [0.1, 0.15) is 11.5 Å². The molecule has 20 heavy (non-hydrogen) atoms. The second-order valence-corrected chi connectivity index (χ2v) is 5.16. The van der Waals surface area contributed by atoms with Gasteiger partial charge < -0.3 is 15.2 Å². The number of amides is 1. The van der Waals surface area contributed by atoms with Gasteiger partial charge in [0.2, 0.25) is 0 Å². The molecule has 5 heteroatoms. The maximum absolute atomic E-state index is 12.2. The van der Waals surface area contributed by atoms with Crippen molar-refractivity contribution < 1.29 is 14.6 Å². The summed E-state index contributed by atoms with van der Waals surface area (Å²) in [5.74, 6) is 0.580. The number of methoxy groups -OCH3 is 1. The number of anilines is 1. The lowest BCUT2D eigenvalue weighted by Gasteiger charge is -2.10. The van der Waals surface area contributed by atoms with E-state index in [9.17, 15) is 9.90 Å². The number of nitrogens with one attached hydrogen (secondary N) is 1. The topological polar surface area (TPSA) is 58.6 Å². The average molecular weight is 336 g/mol. The first-order chi connectivity index (χ1) is 9.51. The third-order valence-corrected chi connectivity index (χ3v) is 3.57. The van der Waals surface area contributed by atoms with Crippen LogP contribution in [-0.2, 0) is 0 Å². The molecule has 0 fully saturated rings. The van der Waals surface area contributed by atoms with E-state index in [4.69, 9.17) is 4.74 Å². The van der Waals surface area contributed by atoms with Gasteiger partial charge in [-0.2, -0.15) is 0 Å². The van der Waals surface area contributed by atoms with Gasteiger partial charge in [-0.15, -0.1) is 0 Å². The van der Waals surface area contributed by atoms with E-state index in [1.807, 2.05) is 0 Å². The van der Waals surface area contributed by atoms with Gasteiger partial charge in [-0.25, -0.2) is 0 Å². The number of ether oxygens (including phenoxy) is 1. The van der Waals surface area contributed by atoms with Crippen molar-refractivity contribution in [2.45, 2.75) is 6.92 Å². The van der Waals surface area contributed by atoms with Crippen LogP contribution in [0.25, 0.3) is 0 Å². The molecule has 4 nitrogen and oxygen atoms in total. The number of aromatic hydroxyl groups is 1. The van der Waals surface area contributed by atoms with E-state index in [1.165, 1.54) is 6.07 Å². The Kier molecular flexibility index (Phi) is 4.29. The monoisotopic (exact) mass is 335 g/mol. The Morgan fingerprint density at radius 3 is 2.65 bits per heavy atom. The smallest absolute Gasteiger partial charge is 0.255 e. The highest BCUT2D eigenvalue weighted by atomic mass is 79.9. The Labute approximate surface area is 125 Å². The fraction of sp³-hybridized carbons (Fsp3) is 0.133. The molecule has 2 aromatic rings. The van der Waals surface area contributed by atoms with Crippen LogP contribution in [0.1, 0.15) is 15.9 Å². The van der Waals surface area contributed by atoms with Gasteiger partial charge in [0.05, 0.1) is 12.8 Å². The highest BCUT2D eigenvalue weighted by Crippen LogP contribution is 2.28. The highest BCUT2D eigenvalue weighted by molar-refractivity contribution is 9.10. The zero-order chi connectivity index (χ0) is 14.7. The van der Waals surface area contributed by atoms with Crippen molar-refractivity contribution in [1.82, 2.24) is 0 Å². The first kappa shape index (κ1) is 14.4. The predicted molar refractivity (Wildman–Crippen MR) is 81.5 cm³/mol. The van der Waals surface area contributed by atoms with Gasteiger partial charge in [-0.1, -0.05) is 0 Å². The van der Waals surface area contributed by atoms with Crippen LogP contribution in [0.5, 0.6) is 11.5 Å². The molecule has 104 valence electrons. The molecule has 0 radical (unpaired) electrons. The molecule has 2 N–H and O–H groups in total. The fourth-order valence-electron chi connectivity index (χ4n) is 1.72. The standard InChI is InChI=1S/C15H14BrNO3/c1-9-7-10(3-6-14(9)18)15(19)17-13-8-11(20-2)4-5-12(13)16/h3-8,18H,1-2H3,(H,17,19). The van der Waals surface area contributed by atoms with Crippen molar-refractivity contribution in [3.05, 3.63) is 52.0 Å². The van der Waals surface area contributed by atoms with Crippen molar-refractivity contribution in [1.29, 1.82) is 0 Å². The molecule has 0 aliphatic carbocycles. The highest BCUT2D eigenvalue weighted by Gasteiger charge is 2.10. The third kappa shape index (κ3) is 3.11. The Balaban J connectivity index is 2.25. The maximum Gasteiger partial charge on any atom is 0.255 e. The number of hydrogen-bond acceptors (Lipinski definition) is 3. The molecular formula is C15H14BrNO3. The molecule has 0 unspecified atom stereocenters. The average Bonchev–Trinajstić information content (AvgIpc) is 2.44. The summed E-state index contributed by atoms with van der Waals surface area (Å²) in [7, 11) is 1.57. The molecule has 0 aliphatic rings. The molecule has 0 atom stereocenters. The summed E-state index contributed by atoms with van der Waals surface area (Å²) in [6.45, 7) is 1.74. The van der Waals surface area contributed by atoms with Crippen LogP contribution in [0, 0.1) is 6.92 Å². The fourth-order valence-corrected chi connectivity index (χ4v) is 2.06. The van der Waals surface area contributed by atoms with Crippen LogP contribution in [0.4, 0.5) is 5.69 Å². The van der Waals surface area contributed by atoms with Crippen LogP contribution in [0.3, 0.4) is 0 Å². The largest absolute Gasteiger partial charge is 0.508 e. The lowest BCUT2D eigenvalue weighted by atomic mass is 10.1. The van der Waals surface area contributed by atoms with E-state index in [0.717, 1.165) is 4.47 Å². The van der Waals surface area contributed by atoms with Gasteiger partial charge in [0.25, 0.3) is 5.91 Å². The van der Waals surface area contributed by atoms with E-state index in [2.05, 4.69) is 21.2 Å². The minimum Gasteiger partial charge on any atom is -0.508 e. The number of carbonyl (C=O) groups is 1. The van der Waals surface area contributed by atoms with Crippen LogP contribution < -0.4 is 10.1 Å². The quantitative estimate of drug-likeness (QED) is 0.898. The van der Waals surface area contributed by atoms with Gasteiger partial charge in [-0.3, -0.25) is 4.79 Å². The number of hydrogen-bond donors (Lipinski definition) is 2. The maximum atomic E-state index is 12.2. The second-order valence-electron chi connectivity index (χ2n) is 4.30. The van der Waals surface area contributed by atoms with Gasteiger partial charge in [0.15, 0.2) is 0 Å². The number of phenolic OH excluding ortho intramolecular Hbond substituents is 1. The predicted octanol–water partition coefficient (Wildman–Crippen LogP) is 3.72. The minimum atomic E-state index is -0.248. The summed E-state index contributed by atoms with van der Waals surface area (Å²) in [6.07, 6.45) is 0. The number of aryl methyl sites for hydroxylation is 1. The van der Waals surface area contributed by atoms with E-state index in [1.54, 1.807) is 44.4 Å². The first-order valence-corrected chi connectivity index (χ1v) is 6.75. The molecule has 0 saturated heterocycles. The Hall–Kier alpha value is -2.01. The molecule has 1 amide bonds. The second kappa shape index (κ2) is 5.96. The van der Waals surface area contributed by atoms with Gasteiger partial charge >= 0.3 is 0 Å². The van der Waals surface area contributed by atoms with Crippen molar-refractivity contribution in [2.24, 2.45) is 0 Å². The summed E-state index contributed by atoms with van der Waals surface area (Å²) >= 11 is 3.38. The van der Waals surface area contributed by atoms with Crippen LogP contribution >= 0.6 is 15.9 Å².